The van der Waals surface area contributed by atoms with E-state index in [4.69, 9.17) is 28.6 Å². The molecule has 0 spiro atoms. The molecule has 3 atom stereocenters. The van der Waals surface area contributed by atoms with Crippen LogP contribution < -0.4 is 15.5 Å². The van der Waals surface area contributed by atoms with Gasteiger partial charge in [-0.2, -0.15) is 5.26 Å². The van der Waals surface area contributed by atoms with Gasteiger partial charge in [-0.15, -0.1) is 0 Å². The number of aromatic nitrogens is 2. The van der Waals surface area contributed by atoms with E-state index in [1.54, 1.807) is 24.4 Å². The van der Waals surface area contributed by atoms with Crippen LogP contribution in [0, 0.1) is 11.3 Å². The van der Waals surface area contributed by atoms with Gasteiger partial charge >= 0.3 is 0 Å². The Morgan fingerprint density at radius 1 is 1.09 bits per heavy atom. The second-order valence-electron chi connectivity index (χ2n) is 14.9. The fourth-order valence-corrected chi connectivity index (χ4v) is 8.86. The molecule has 3 aliphatic heterocycles. The van der Waals surface area contributed by atoms with Crippen LogP contribution in [0.2, 0.25) is 5.02 Å². The number of carbonyl (C=O) groups is 4. The average molecular weight is 764 g/mol. The van der Waals surface area contributed by atoms with Gasteiger partial charge in [0.2, 0.25) is 17.7 Å². The number of nitriles is 1. The van der Waals surface area contributed by atoms with Crippen molar-refractivity contribution in [2.75, 3.05) is 43.0 Å². The average Bonchev–Trinajstić information content (AvgIpc) is 3.29. The third-order valence-corrected chi connectivity index (χ3v) is 11.5. The van der Waals surface area contributed by atoms with Gasteiger partial charge in [-0.05, 0) is 90.2 Å². The highest BCUT2D eigenvalue weighted by Crippen LogP contribution is 2.39. The summed E-state index contributed by atoms with van der Waals surface area (Å²) in [6, 6.07) is 7.39. The van der Waals surface area contributed by atoms with Crippen LogP contribution >= 0.6 is 23.8 Å². The number of nitrogens with one attached hydrogen (secondary N) is 2. The predicted octanol–water partition coefficient (Wildman–Crippen LogP) is 3.60. The van der Waals surface area contributed by atoms with Crippen LogP contribution in [0.15, 0.2) is 30.6 Å². The van der Waals surface area contributed by atoms with Crippen LogP contribution in [0.4, 0.5) is 11.4 Å². The first-order valence-electron chi connectivity index (χ1n) is 18.2. The van der Waals surface area contributed by atoms with E-state index in [1.807, 2.05) is 24.8 Å². The first kappa shape index (κ1) is 38.6. The van der Waals surface area contributed by atoms with Crippen molar-refractivity contribution >= 4 is 63.9 Å². The van der Waals surface area contributed by atoms with Crippen molar-refractivity contribution in [3.8, 4) is 6.07 Å². The summed E-state index contributed by atoms with van der Waals surface area (Å²) in [5, 5.41) is 15.1. The molecular weight excluding hydrogens is 718 g/mol. The highest BCUT2D eigenvalue weighted by molar-refractivity contribution is 7.80. The molecule has 3 saturated heterocycles. The normalized spacial score (nSPS) is 26.8. The molecule has 2 N–H and O–H groups in total. The maximum Gasteiger partial charge on any atom is 0.258 e. The molecule has 0 radical (unpaired) electrons. The zero-order chi connectivity index (χ0) is 38.0. The molecule has 53 heavy (non-hydrogen) atoms. The van der Waals surface area contributed by atoms with Gasteiger partial charge in [-0.3, -0.25) is 44.2 Å². The number of nitrogens with zero attached hydrogens (tertiary/aromatic N) is 7. The molecule has 0 bridgehead atoms. The monoisotopic (exact) mass is 763 g/mol. The Labute approximate surface area is 320 Å². The molecule has 0 aromatic carbocycles. The first-order valence-corrected chi connectivity index (χ1v) is 19.0. The summed E-state index contributed by atoms with van der Waals surface area (Å²) < 4.78 is 6.37. The van der Waals surface area contributed by atoms with Crippen molar-refractivity contribution < 1.29 is 23.9 Å². The first-order chi connectivity index (χ1) is 25.3. The van der Waals surface area contributed by atoms with E-state index in [-0.39, 0.29) is 71.5 Å². The minimum atomic E-state index is -0.839. The lowest BCUT2D eigenvalue weighted by Crippen LogP contribution is -2.58. The highest BCUT2D eigenvalue weighted by atomic mass is 35.5. The summed E-state index contributed by atoms with van der Waals surface area (Å²) >= 11 is 12.1. The number of imide groups is 1. The smallest absolute Gasteiger partial charge is 0.258 e. The van der Waals surface area contributed by atoms with Crippen LogP contribution in [0.25, 0.3) is 0 Å². The van der Waals surface area contributed by atoms with Gasteiger partial charge in [-0.1, -0.05) is 11.6 Å². The van der Waals surface area contributed by atoms with Gasteiger partial charge in [0.15, 0.2) is 10.8 Å². The molecule has 1 saturated carbocycles. The van der Waals surface area contributed by atoms with Crippen molar-refractivity contribution in [2.45, 2.75) is 102 Å². The van der Waals surface area contributed by atoms with E-state index >= 15 is 0 Å². The fourth-order valence-electron chi connectivity index (χ4n) is 8.09. The van der Waals surface area contributed by atoms with Crippen LogP contribution in [0.5, 0.6) is 0 Å². The maximum atomic E-state index is 13.6. The number of piperidine rings is 1. The Kier molecular flexibility index (Phi) is 11.8. The Hall–Kier alpha value is -4.07. The number of halogens is 1. The Balaban J connectivity index is 0.926. The lowest BCUT2D eigenvalue weighted by molar-refractivity contribution is -0.134. The van der Waals surface area contributed by atoms with Gasteiger partial charge in [0.25, 0.3) is 5.91 Å². The molecule has 2 aromatic heterocycles. The molecule has 4 aliphatic rings. The lowest BCUT2D eigenvalue weighted by atomic mass is 9.89. The predicted molar refractivity (Wildman–Crippen MR) is 202 cm³/mol. The maximum absolute atomic E-state index is 13.6. The molecule has 4 amide bonds. The fraction of sp³-hybridized carbons (Fsp3) is 0.568. The van der Waals surface area contributed by atoms with Crippen molar-refractivity contribution in [1.82, 2.24) is 30.0 Å². The Morgan fingerprint density at radius 3 is 2.43 bits per heavy atom. The lowest BCUT2D eigenvalue weighted by Gasteiger charge is -2.44. The molecule has 282 valence electrons. The van der Waals surface area contributed by atoms with E-state index in [2.05, 4.69) is 44.2 Å². The number of anilines is 2. The van der Waals surface area contributed by atoms with Crippen LogP contribution in [0.3, 0.4) is 0 Å². The minimum absolute atomic E-state index is 0.0912. The quantitative estimate of drug-likeness (QED) is 0.268. The summed E-state index contributed by atoms with van der Waals surface area (Å²) in [6.45, 7) is 11.4. The second kappa shape index (κ2) is 16.1. The third kappa shape index (κ3) is 8.37. The van der Waals surface area contributed by atoms with Crippen LogP contribution in [-0.4, -0.2) is 116 Å². The topological polar surface area (TPSA) is 164 Å². The zero-order valence-electron chi connectivity index (χ0n) is 30.5. The largest absolute Gasteiger partial charge is 0.377 e. The molecule has 4 fully saturated rings. The third-order valence-electron chi connectivity index (χ3n) is 10.9. The van der Waals surface area contributed by atoms with Gasteiger partial charge < -0.3 is 15.0 Å². The molecule has 6 rings (SSSR count). The summed E-state index contributed by atoms with van der Waals surface area (Å²) in [7, 11) is 0. The van der Waals surface area contributed by atoms with Crippen molar-refractivity contribution in [3.05, 3.63) is 47.0 Å². The molecular formula is C37H46ClN9O5S. The van der Waals surface area contributed by atoms with Gasteiger partial charge in [0.05, 0.1) is 59.7 Å². The van der Waals surface area contributed by atoms with Gasteiger partial charge in [0, 0.05) is 44.2 Å². The molecule has 1 unspecified atom stereocenters. The van der Waals surface area contributed by atoms with Gasteiger partial charge in [0.1, 0.15) is 11.6 Å². The molecule has 1 aliphatic carbocycles. The zero-order valence-corrected chi connectivity index (χ0v) is 32.1. The number of carbonyl (C=O) groups excluding carboxylic acids is 4. The van der Waals surface area contributed by atoms with Gasteiger partial charge in [-0.25, -0.2) is 4.98 Å². The summed E-state index contributed by atoms with van der Waals surface area (Å²) in [5.74, 6) is -1.35. The van der Waals surface area contributed by atoms with E-state index in [0.29, 0.717) is 35.2 Å². The molecule has 14 nitrogen and oxygen atoms in total. The number of pyridine rings is 2. The molecule has 5 heterocycles. The summed E-state index contributed by atoms with van der Waals surface area (Å²) in [4.78, 5) is 66.8. The minimum Gasteiger partial charge on any atom is -0.377 e. The number of hydrogen-bond donors (Lipinski definition) is 2. The number of thiocarbonyl (C=S) groups is 1. The van der Waals surface area contributed by atoms with E-state index in [1.165, 1.54) is 11.1 Å². The van der Waals surface area contributed by atoms with E-state index in [0.717, 1.165) is 45.3 Å². The number of amides is 4. The number of piperazine rings is 1. The number of hydrogen-bond acceptors (Lipinski definition) is 11. The summed E-state index contributed by atoms with van der Waals surface area (Å²) in [6.07, 6.45) is 7.27. The molecule has 16 heteroatoms. The highest BCUT2D eigenvalue weighted by Gasteiger charge is 2.52. The molecule has 2 aromatic rings. The van der Waals surface area contributed by atoms with Crippen molar-refractivity contribution in [1.29, 1.82) is 5.26 Å². The summed E-state index contributed by atoms with van der Waals surface area (Å²) in [5.41, 5.74) is 0.854. The number of ether oxygens (including phenoxy) is 1. The number of rotatable bonds is 10. The van der Waals surface area contributed by atoms with E-state index < -0.39 is 11.5 Å². The standard InChI is InChI=1S/C37H46ClN9O5S/c1-22-19-44(20-23(2)45(22)21-33(49)42-24-5-11-30(40-17-24)28-10-12-32(48)43-34(28)50)13-14-52-27-8-6-25(7-9-27)47-36(53)46(35(51)37(47,3)4)26-15-29(38)31(16-39)41-18-26/h5,11,15,17-18,22-23,25,27-28H,6-10,12-14,19-21H2,1-4H3,(H,42,49)(H,43,48,50)/t22-,23+,25?,27?,28?. The SMILES string of the molecule is C[C@@H]1CN(CCOC2CCC(N3C(=S)N(c4cnc(C#N)c(Cl)c4)C(=O)C3(C)C)CC2)C[C@H](C)N1CC(=O)Nc1ccc(C2CCC(=O)NC2=O)nc1. The van der Waals surface area contributed by atoms with Crippen molar-refractivity contribution in [3.63, 3.8) is 0 Å². The Morgan fingerprint density at radius 2 is 1.81 bits per heavy atom. The Bertz CT molecular complexity index is 1780. The van der Waals surface area contributed by atoms with E-state index in [9.17, 15) is 24.4 Å². The van der Waals surface area contributed by atoms with Crippen LogP contribution in [-0.2, 0) is 23.9 Å². The van der Waals surface area contributed by atoms with Crippen molar-refractivity contribution in [2.24, 2.45) is 0 Å². The second-order valence-corrected chi connectivity index (χ2v) is 15.7. The van der Waals surface area contributed by atoms with Crippen LogP contribution in [0.1, 0.15) is 83.5 Å².